The van der Waals surface area contributed by atoms with E-state index >= 15 is 0 Å². The average molecular weight is 474 g/mol. The molecule has 35 heavy (non-hydrogen) atoms. The molecule has 1 aromatic heterocycles. The van der Waals surface area contributed by atoms with Gasteiger partial charge in [-0.25, -0.2) is 9.78 Å². The molecule has 4 aliphatic carbocycles. The number of fused-ring (bicyclic) bond motifs is 2. The van der Waals surface area contributed by atoms with Gasteiger partial charge in [-0.15, -0.1) is 0 Å². The van der Waals surface area contributed by atoms with Gasteiger partial charge in [-0.05, 0) is 105 Å². The van der Waals surface area contributed by atoms with E-state index in [1.807, 2.05) is 30.3 Å². The average Bonchev–Trinajstić information content (AvgIpc) is 3.11. The summed E-state index contributed by atoms with van der Waals surface area (Å²) in [5.41, 5.74) is 0.887. The Labute approximate surface area is 207 Å². The number of hydrogen-bond donors (Lipinski definition) is 2. The number of rotatable bonds is 4. The monoisotopic (exact) mass is 473 g/mol. The van der Waals surface area contributed by atoms with Gasteiger partial charge in [0.05, 0.1) is 5.60 Å². The predicted molar refractivity (Wildman–Crippen MR) is 132 cm³/mol. The van der Waals surface area contributed by atoms with E-state index in [4.69, 9.17) is 4.74 Å². The summed E-state index contributed by atoms with van der Waals surface area (Å²) in [5, 5.41) is 14.4. The fourth-order valence-corrected chi connectivity index (χ4v) is 8.55. The van der Waals surface area contributed by atoms with Crippen molar-refractivity contribution in [3.05, 3.63) is 54.2 Å². The smallest absolute Gasteiger partial charge is 0.318 e. The lowest BCUT2D eigenvalue weighted by molar-refractivity contribution is -0.137. The lowest BCUT2D eigenvalue weighted by Gasteiger charge is -2.58. The molecule has 2 aliphatic heterocycles. The number of nitrogens with zero attached hydrogens (tertiary/aromatic N) is 2. The summed E-state index contributed by atoms with van der Waals surface area (Å²) in [6.45, 7) is 0. The number of aromatic nitrogens is 1. The minimum atomic E-state index is -0.451. The molecule has 4 unspecified atom stereocenters. The molecule has 2 amide bonds. The molecule has 184 valence electrons. The van der Waals surface area contributed by atoms with E-state index in [2.05, 4.69) is 27.3 Å². The standard InChI is InChI=1S/C29H35N3O3/c33-28(31-27-21-11-18-12-22(27)17-29(34,15-18)16-21)32-23-6-7-24(32)14-20(13-23)19-4-8-25(9-5-19)35-26-3-1-2-10-30-26/h1-5,8-10,18,20-24,27,34H,6-7,11-17H2,(H,31,33). The summed E-state index contributed by atoms with van der Waals surface area (Å²) < 4.78 is 5.85. The lowest BCUT2D eigenvalue weighted by Crippen LogP contribution is -2.63. The highest BCUT2D eigenvalue weighted by Gasteiger charge is 2.55. The van der Waals surface area contributed by atoms with Crippen molar-refractivity contribution in [3.63, 3.8) is 0 Å². The van der Waals surface area contributed by atoms with E-state index in [9.17, 15) is 9.90 Å². The van der Waals surface area contributed by atoms with Crippen LogP contribution in [0, 0.1) is 17.8 Å². The number of ether oxygens (including phenoxy) is 1. The number of piperidine rings is 1. The highest BCUT2D eigenvalue weighted by atomic mass is 16.5. The van der Waals surface area contributed by atoms with E-state index in [0.717, 1.165) is 50.7 Å². The molecule has 3 heterocycles. The van der Waals surface area contributed by atoms with Gasteiger partial charge in [-0.3, -0.25) is 0 Å². The Hall–Kier alpha value is -2.60. The van der Waals surface area contributed by atoms with Crippen LogP contribution in [0.4, 0.5) is 4.79 Å². The second-order valence-electron chi connectivity index (χ2n) is 12.0. The zero-order valence-electron chi connectivity index (χ0n) is 20.2. The Kier molecular flexibility index (Phi) is 5.09. The molecule has 2 aromatic rings. The van der Waals surface area contributed by atoms with Gasteiger partial charge < -0.3 is 20.1 Å². The van der Waals surface area contributed by atoms with E-state index < -0.39 is 5.60 Å². The molecule has 0 radical (unpaired) electrons. The third-order valence-corrected chi connectivity index (χ3v) is 9.71. The number of urea groups is 1. The molecule has 6 bridgehead atoms. The van der Waals surface area contributed by atoms with Gasteiger partial charge in [0.2, 0.25) is 5.88 Å². The summed E-state index contributed by atoms with van der Waals surface area (Å²) in [6.07, 6.45) is 11.1. The zero-order chi connectivity index (χ0) is 23.6. The Morgan fingerprint density at radius 2 is 1.69 bits per heavy atom. The fraction of sp³-hybridized carbons (Fsp3) is 0.586. The number of pyridine rings is 1. The quantitative estimate of drug-likeness (QED) is 0.637. The van der Waals surface area contributed by atoms with E-state index in [-0.39, 0.29) is 12.1 Å². The van der Waals surface area contributed by atoms with Crippen LogP contribution in [-0.4, -0.2) is 44.7 Å². The highest BCUT2D eigenvalue weighted by molar-refractivity contribution is 5.76. The van der Waals surface area contributed by atoms with Crippen LogP contribution in [0.3, 0.4) is 0 Å². The topological polar surface area (TPSA) is 74.7 Å². The predicted octanol–water partition coefficient (Wildman–Crippen LogP) is 5.23. The molecule has 6 nitrogen and oxygen atoms in total. The van der Waals surface area contributed by atoms with E-state index in [1.54, 1.807) is 6.20 Å². The van der Waals surface area contributed by atoms with Gasteiger partial charge in [0.1, 0.15) is 5.75 Å². The highest BCUT2D eigenvalue weighted by Crippen LogP contribution is 2.56. The van der Waals surface area contributed by atoms with E-state index in [1.165, 1.54) is 18.4 Å². The van der Waals surface area contributed by atoms with Crippen LogP contribution >= 0.6 is 0 Å². The summed E-state index contributed by atoms with van der Waals surface area (Å²) >= 11 is 0. The number of carbonyl (C=O) groups is 1. The van der Waals surface area contributed by atoms with Gasteiger partial charge in [0.25, 0.3) is 0 Å². The van der Waals surface area contributed by atoms with Gasteiger partial charge >= 0.3 is 6.03 Å². The Balaban J connectivity index is 0.998. The third-order valence-electron chi connectivity index (χ3n) is 9.71. The summed E-state index contributed by atoms with van der Waals surface area (Å²) in [5.74, 6) is 3.46. The minimum absolute atomic E-state index is 0.152. The van der Waals surface area contributed by atoms with Gasteiger partial charge in [0.15, 0.2) is 0 Å². The first kappa shape index (κ1) is 21.7. The summed E-state index contributed by atoms with van der Waals surface area (Å²) in [7, 11) is 0. The van der Waals surface area contributed by atoms with Crippen molar-refractivity contribution >= 4 is 6.03 Å². The Morgan fingerprint density at radius 3 is 2.31 bits per heavy atom. The van der Waals surface area contributed by atoms with Crippen molar-refractivity contribution in [2.45, 2.75) is 87.4 Å². The van der Waals surface area contributed by atoms with Crippen LogP contribution in [0.1, 0.15) is 69.3 Å². The number of amides is 2. The Morgan fingerprint density at radius 1 is 0.971 bits per heavy atom. The molecule has 1 aromatic carbocycles. The molecule has 8 rings (SSSR count). The number of aliphatic hydroxyl groups is 1. The number of nitrogens with one attached hydrogen (secondary N) is 1. The normalized spacial score (nSPS) is 39.0. The third kappa shape index (κ3) is 3.90. The van der Waals surface area contributed by atoms with Crippen molar-refractivity contribution in [2.75, 3.05) is 0 Å². The van der Waals surface area contributed by atoms with Gasteiger partial charge in [-0.2, -0.15) is 0 Å². The van der Waals surface area contributed by atoms with Crippen LogP contribution in [0.5, 0.6) is 11.6 Å². The molecule has 6 heteroatoms. The van der Waals surface area contributed by atoms with Crippen molar-refractivity contribution in [2.24, 2.45) is 17.8 Å². The van der Waals surface area contributed by atoms with Crippen LogP contribution in [0.2, 0.25) is 0 Å². The molecule has 4 atom stereocenters. The zero-order valence-corrected chi connectivity index (χ0v) is 20.2. The van der Waals surface area contributed by atoms with Crippen LogP contribution in [-0.2, 0) is 0 Å². The van der Waals surface area contributed by atoms with Crippen LogP contribution in [0.25, 0.3) is 0 Å². The van der Waals surface area contributed by atoms with Crippen molar-refractivity contribution in [1.29, 1.82) is 0 Å². The number of benzene rings is 1. The lowest BCUT2D eigenvalue weighted by atomic mass is 9.52. The summed E-state index contributed by atoms with van der Waals surface area (Å²) in [6, 6.07) is 15.1. The Bertz CT molecular complexity index is 1060. The first-order valence-corrected chi connectivity index (χ1v) is 13.5. The van der Waals surface area contributed by atoms with Crippen molar-refractivity contribution in [3.8, 4) is 11.6 Å². The second-order valence-corrected chi connectivity index (χ2v) is 12.0. The van der Waals surface area contributed by atoms with Crippen molar-refractivity contribution < 1.29 is 14.6 Å². The minimum Gasteiger partial charge on any atom is -0.439 e. The van der Waals surface area contributed by atoms with Crippen LogP contribution < -0.4 is 10.1 Å². The van der Waals surface area contributed by atoms with Gasteiger partial charge in [-0.1, -0.05) is 18.2 Å². The molecule has 2 N–H and O–H groups in total. The number of hydrogen-bond acceptors (Lipinski definition) is 4. The number of carbonyl (C=O) groups excluding carboxylic acids is 1. The van der Waals surface area contributed by atoms with E-state index in [0.29, 0.717) is 41.6 Å². The van der Waals surface area contributed by atoms with Crippen molar-refractivity contribution in [1.82, 2.24) is 15.2 Å². The first-order chi connectivity index (χ1) is 17.0. The molecule has 4 saturated carbocycles. The largest absolute Gasteiger partial charge is 0.439 e. The summed E-state index contributed by atoms with van der Waals surface area (Å²) in [4.78, 5) is 19.9. The van der Waals surface area contributed by atoms with Gasteiger partial charge in [0, 0.05) is 30.4 Å². The fourth-order valence-electron chi connectivity index (χ4n) is 8.55. The second kappa shape index (κ2) is 8.22. The maximum atomic E-state index is 13.5. The first-order valence-electron chi connectivity index (χ1n) is 13.5. The molecule has 6 fully saturated rings. The molecule has 0 spiro atoms. The van der Waals surface area contributed by atoms with Crippen LogP contribution in [0.15, 0.2) is 48.7 Å². The molecule has 2 saturated heterocycles. The maximum absolute atomic E-state index is 13.5. The SMILES string of the molecule is O=C(NC1C2CC3CC1CC(O)(C3)C2)N1C2CCC1CC(c1ccc(Oc3ccccn3)cc1)C2. The maximum Gasteiger partial charge on any atom is 0.318 e. The molecular formula is C29H35N3O3. The molecule has 6 aliphatic rings. The molecular weight excluding hydrogens is 438 g/mol.